The third-order valence-electron chi connectivity index (χ3n) is 2.47. The van der Waals surface area contributed by atoms with Gasteiger partial charge in [0.15, 0.2) is 0 Å². The van der Waals surface area contributed by atoms with E-state index in [4.69, 9.17) is 4.43 Å². The molecule has 0 fully saturated rings. The van der Waals surface area contributed by atoms with E-state index in [1.807, 2.05) is 6.08 Å². The molecule has 0 amide bonds. The molecule has 1 nitrogen and oxygen atoms in total. The molecule has 0 atom stereocenters. The van der Waals surface area contributed by atoms with Crippen LogP contribution in [-0.2, 0) is 4.43 Å². The van der Waals surface area contributed by atoms with Crippen molar-refractivity contribution in [2.45, 2.75) is 38.9 Å². The maximum atomic E-state index is 5.80. The number of allylic oxidation sites excluding steroid dienone is 2. The van der Waals surface area contributed by atoms with Crippen molar-refractivity contribution in [2.75, 3.05) is 0 Å². The van der Waals surface area contributed by atoms with Crippen LogP contribution in [0.25, 0.3) is 0 Å². The zero-order valence-corrected chi connectivity index (χ0v) is 9.47. The van der Waals surface area contributed by atoms with Gasteiger partial charge in [0.05, 0.1) is 6.26 Å². The molecule has 12 heavy (non-hydrogen) atoms. The Hall–Kier alpha value is -0.503. The molecular weight excluding hydrogens is 164 g/mol. The second kappa shape index (κ2) is 6.06. The van der Waals surface area contributed by atoms with Crippen LogP contribution in [0.15, 0.2) is 25.0 Å². The third kappa shape index (κ3) is 3.26. The Labute approximate surface area is 77.3 Å². The summed E-state index contributed by atoms with van der Waals surface area (Å²) in [6.07, 6.45) is 5.42. The van der Waals surface area contributed by atoms with Gasteiger partial charge in [0, 0.05) is 0 Å². The van der Waals surface area contributed by atoms with Gasteiger partial charge in [-0.1, -0.05) is 33.4 Å². The number of hydrogen-bond acceptors (Lipinski definition) is 1. The lowest BCUT2D eigenvalue weighted by molar-refractivity contribution is 0.458. The summed E-state index contributed by atoms with van der Waals surface area (Å²) >= 11 is 0. The van der Waals surface area contributed by atoms with Gasteiger partial charge in [-0.25, -0.2) is 0 Å². The van der Waals surface area contributed by atoms with Crippen molar-refractivity contribution in [3.63, 3.8) is 0 Å². The van der Waals surface area contributed by atoms with Gasteiger partial charge in [0.25, 0.3) is 0 Å². The standard InChI is InChI=1S/C10H20OSi/c1-5-9-10-11-12(6-2,7-3)8-4/h5,9-10H,1,6-8H2,2-4H3. The summed E-state index contributed by atoms with van der Waals surface area (Å²) in [6, 6.07) is 3.59. The van der Waals surface area contributed by atoms with Crippen LogP contribution in [0.2, 0.25) is 18.1 Å². The average Bonchev–Trinajstić information content (AvgIpc) is 2.14. The minimum Gasteiger partial charge on any atom is -0.549 e. The van der Waals surface area contributed by atoms with Crippen LogP contribution in [-0.4, -0.2) is 8.32 Å². The smallest absolute Gasteiger partial charge is 0.249 e. The molecule has 0 radical (unpaired) electrons. The van der Waals surface area contributed by atoms with Crippen molar-refractivity contribution in [3.8, 4) is 0 Å². The van der Waals surface area contributed by atoms with Crippen molar-refractivity contribution < 1.29 is 4.43 Å². The Balaban J connectivity index is 4.10. The van der Waals surface area contributed by atoms with Gasteiger partial charge in [-0.05, 0) is 24.2 Å². The molecule has 0 aromatic heterocycles. The van der Waals surface area contributed by atoms with E-state index >= 15 is 0 Å². The summed E-state index contributed by atoms with van der Waals surface area (Å²) in [5.74, 6) is 0. The molecule has 0 saturated carbocycles. The summed E-state index contributed by atoms with van der Waals surface area (Å²) in [6.45, 7) is 10.3. The van der Waals surface area contributed by atoms with Gasteiger partial charge in [-0.3, -0.25) is 0 Å². The highest BCUT2D eigenvalue weighted by molar-refractivity contribution is 6.73. The first-order chi connectivity index (χ1) is 5.74. The van der Waals surface area contributed by atoms with E-state index in [0.29, 0.717) is 0 Å². The van der Waals surface area contributed by atoms with Gasteiger partial charge in [-0.2, -0.15) is 0 Å². The van der Waals surface area contributed by atoms with Gasteiger partial charge < -0.3 is 4.43 Å². The Morgan fingerprint density at radius 1 is 1.17 bits per heavy atom. The molecule has 0 aliphatic carbocycles. The van der Waals surface area contributed by atoms with Gasteiger partial charge >= 0.3 is 0 Å². The molecule has 70 valence electrons. The van der Waals surface area contributed by atoms with Gasteiger partial charge in [0.2, 0.25) is 8.32 Å². The van der Waals surface area contributed by atoms with E-state index < -0.39 is 8.32 Å². The fourth-order valence-corrected chi connectivity index (χ4v) is 3.61. The Bertz CT molecular complexity index is 140. The summed E-state index contributed by atoms with van der Waals surface area (Å²) < 4.78 is 5.80. The molecule has 0 aliphatic heterocycles. The minimum atomic E-state index is -1.39. The van der Waals surface area contributed by atoms with Crippen LogP contribution in [0.3, 0.4) is 0 Å². The van der Waals surface area contributed by atoms with Crippen molar-refractivity contribution in [1.82, 2.24) is 0 Å². The lowest BCUT2D eigenvalue weighted by Crippen LogP contribution is -2.33. The highest BCUT2D eigenvalue weighted by Crippen LogP contribution is 2.21. The largest absolute Gasteiger partial charge is 0.549 e. The van der Waals surface area contributed by atoms with Crippen LogP contribution < -0.4 is 0 Å². The topological polar surface area (TPSA) is 9.23 Å². The maximum absolute atomic E-state index is 5.80. The lowest BCUT2D eigenvalue weighted by Gasteiger charge is -2.26. The molecule has 0 saturated heterocycles. The Morgan fingerprint density at radius 2 is 1.67 bits per heavy atom. The van der Waals surface area contributed by atoms with E-state index in [0.717, 1.165) is 0 Å². The highest BCUT2D eigenvalue weighted by atomic mass is 28.4. The van der Waals surface area contributed by atoms with Crippen molar-refractivity contribution in [1.29, 1.82) is 0 Å². The summed E-state index contributed by atoms with van der Waals surface area (Å²) in [5, 5.41) is 0. The van der Waals surface area contributed by atoms with E-state index in [-0.39, 0.29) is 0 Å². The molecule has 0 aromatic carbocycles. The van der Waals surface area contributed by atoms with Crippen LogP contribution in [0.5, 0.6) is 0 Å². The zero-order valence-electron chi connectivity index (χ0n) is 8.47. The summed E-state index contributed by atoms with van der Waals surface area (Å²) in [5.41, 5.74) is 0. The Morgan fingerprint density at radius 3 is 2.00 bits per heavy atom. The number of rotatable bonds is 6. The van der Waals surface area contributed by atoms with E-state index in [2.05, 4.69) is 27.4 Å². The van der Waals surface area contributed by atoms with Gasteiger partial charge in [-0.15, -0.1) is 0 Å². The van der Waals surface area contributed by atoms with Crippen LogP contribution in [0.4, 0.5) is 0 Å². The minimum absolute atomic E-state index is 1.20. The summed E-state index contributed by atoms with van der Waals surface area (Å²) in [4.78, 5) is 0. The first-order valence-electron chi connectivity index (χ1n) is 4.70. The molecular formula is C10H20OSi. The van der Waals surface area contributed by atoms with Crippen LogP contribution in [0.1, 0.15) is 20.8 Å². The molecule has 2 heteroatoms. The normalized spacial score (nSPS) is 11.9. The predicted molar refractivity (Wildman–Crippen MR) is 57.6 cm³/mol. The van der Waals surface area contributed by atoms with Crippen LogP contribution in [0, 0.1) is 0 Å². The SMILES string of the molecule is C=CC=CO[Si](CC)(CC)CC. The van der Waals surface area contributed by atoms with Crippen LogP contribution >= 0.6 is 0 Å². The Kier molecular flexibility index (Phi) is 5.81. The molecule has 0 unspecified atom stereocenters. The third-order valence-corrected chi connectivity index (χ3v) is 6.97. The highest BCUT2D eigenvalue weighted by Gasteiger charge is 2.28. The van der Waals surface area contributed by atoms with E-state index in [1.54, 1.807) is 12.3 Å². The molecule has 0 aliphatic rings. The molecule has 0 aromatic rings. The zero-order chi connectivity index (χ0) is 9.45. The fourth-order valence-electron chi connectivity index (χ4n) is 1.24. The van der Waals surface area contributed by atoms with Crippen molar-refractivity contribution >= 4 is 8.32 Å². The maximum Gasteiger partial charge on any atom is 0.249 e. The van der Waals surface area contributed by atoms with Crippen molar-refractivity contribution in [3.05, 3.63) is 25.0 Å². The lowest BCUT2D eigenvalue weighted by atomic mass is 10.6. The second-order valence-electron chi connectivity index (χ2n) is 2.93. The fraction of sp³-hybridized carbons (Fsp3) is 0.600. The summed E-state index contributed by atoms with van der Waals surface area (Å²) in [7, 11) is -1.39. The molecule has 0 rings (SSSR count). The number of hydrogen-bond donors (Lipinski definition) is 0. The molecule has 0 bridgehead atoms. The molecule has 0 spiro atoms. The monoisotopic (exact) mass is 184 g/mol. The second-order valence-corrected chi connectivity index (χ2v) is 7.65. The van der Waals surface area contributed by atoms with Gasteiger partial charge in [0.1, 0.15) is 0 Å². The predicted octanol–water partition coefficient (Wildman–Crippen LogP) is 3.71. The first kappa shape index (κ1) is 11.5. The quantitative estimate of drug-likeness (QED) is 0.347. The first-order valence-corrected chi connectivity index (χ1v) is 7.23. The molecule has 0 heterocycles. The van der Waals surface area contributed by atoms with E-state index in [9.17, 15) is 0 Å². The van der Waals surface area contributed by atoms with E-state index in [1.165, 1.54) is 18.1 Å². The molecule has 0 N–H and O–H groups in total. The average molecular weight is 184 g/mol. The van der Waals surface area contributed by atoms with Crippen molar-refractivity contribution in [2.24, 2.45) is 0 Å².